The Morgan fingerprint density at radius 2 is 2.04 bits per heavy atom. The lowest BCUT2D eigenvalue weighted by atomic mass is 10.0. The Balaban J connectivity index is 1.63. The van der Waals surface area contributed by atoms with Crippen LogP contribution in [0.25, 0.3) is 22.3 Å². The summed E-state index contributed by atoms with van der Waals surface area (Å²) < 4.78 is 7.58. The van der Waals surface area contributed by atoms with E-state index in [1.165, 1.54) is 11.3 Å². The molecule has 0 atom stereocenters. The molecule has 7 nitrogen and oxygen atoms in total. The maximum atomic E-state index is 5.55. The van der Waals surface area contributed by atoms with Gasteiger partial charge in [0.15, 0.2) is 0 Å². The van der Waals surface area contributed by atoms with Crippen molar-refractivity contribution >= 4 is 29.2 Å². The lowest BCUT2D eigenvalue weighted by Gasteiger charge is -2.08. The van der Waals surface area contributed by atoms with Gasteiger partial charge in [-0.1, -0.05) is 30.3 Å². The smallest absolute Gasteiger partial charge is 0.216 e. The minimum absolute atomic E-state index is 0.417. The van der Waals surface area contributed by atoms with Crippen molar-refractivity contribution in [1.82, 2.24) is 25.1 Å². The van der Waals surface area contributed by atoms with Gasteiger partial charge >= 0.3 is 0 Å². The highest BCUT2D eigenvalue weighted by Crippen LogP contribution is 2.30. The van der Waals surface area contributed by atoms with E-state index in [2.05, 4.69) is 37.6 Å². The number of fused-ring (bicyclic) bond motifs is 2. The van der Waals surface area contributed by atoms with Crippen LogP contribution in [0.5, 0.6) is 5.75 Å². The fourth-order valence-electron chi connectivity index (χ4n) is 3.76. The summed E-state index contributed by atoms with van der Waals surface area (Å²) in [6, 6.07) is 12.1. The second-order valence-corrected chi connectivity index (χ2v) is 7.08. The monoisotopic (exact) mass is 390 g/mol. The zero-order chi connectivity index (χ0) is 19.1. The Morgan fingerprint density at radius 3 is 2.93 bits per heavy atom. The minimum atomic E-state index is 0.417. The number of aryl methyl sites for hydroxylation is 1. The summed E-state index contributed by atoms with van der Waals surface area (Å²) in [6.07, 6.45) is 4.90. The van der Waals surface area contributed by atoms with Crippen molar-refractivity contribution < 1.29 is 4.74 Å². The lowest BCUT2D eigenvalue weighted by Crippen LogP contribution is -1.99. The van der Waals surface area contributed by atoms with E-state index in [-0.39, 0.29) is 0 Å². The number of aromatic nitrogens is 5. The maximum Gasteiger partial charge on any atom is 0.216 e. The highest BCUT2D eigenvalue weighted by Gasteiger charge is 2.23. The Morgan fingerprint density at radius 1 is 1.14 bits per heavy atom. The first kappa shape index (κ1) is 16.9. The molecule has 2 aromatic heterocycles. The molecule has 0 spiro atoms. The summed E-state index contributed by atoms with van der Waals surface area (Å²) in [4.78, 5) is 0. The van der Waals surface area contributed by atoms with Gasteiger partial charge in [0.05, 0.1) is 13.3 Å². The molecule has 0 saturated carbocycles. The van der Waals surface area contributed by atoms with Crippen LogP contribution in [-0.4, -0.2) is 38.4 Å². The average molecular weight is 390 g/mol. The van der Waals surface area contributed by atoms with Crippen LogP contribution >= 0.6 is 12.2 Å². The highest BCUT2D eigenvalue weighted by molar-refractivity contribution is 7.71. The standard InChI is InChI=1S/C20H18N6OS/c1-27-17-10-9-12-5-2-3-6-13(12)15(17)11-21-26-19(24-25-20(26)28)18-14-7-4-8-16(14)22-23-18/h2-3,5-6,9-11H,4,7-8H2,1H3,(H,22,23)(H,25,28). The van der Waals surface area contributed by atoms with E-state index in [0.29, 0.717) is 10.6 Å². The van der Waals surface area contributed by atoms with Crippen LogP contribution in [0, 0.1) is 4.77 Å². The molecule has 140 valence electrons. The van der Waals surface area contributed by atoms with Gasteiger partial charge in [0.2, 0.25) is 10.6 Å². The molecule has 0 amide bonds. The van der Waals surface area contributed by atoms with Crippen LogP contribution in [-0.2, 0) is 12.8 Å². The van der Waals surface area contributed by atoms with Gasteiger partial charge in [-0.05, 0) is 48.3 Å². The van der Waals surface area contributed by atoms with E-state index >= 15 is 0 Å². The van der Waals surface area contributed by atoms with E-state index in [9.17, 15) is 0 Å². The predicted octanol–water partition coefficient (Wildman–Crippen LogP) is 3.86. The number of H-pyrrole nitrogens is 2. The van der Waals surface area contributed by atoms with Crippen LogP contribution < -0.4 is 4.74 Å². The quantitative estimate of drug-likeness (QED) is 0.409. The summed E-state index contributed by atoms with van der Waals surface area (Å²) in [5, 5.41) is 21.6. The molecule has 0 saturated heterocycles. The Labute approximate surface area is 166 Å². The number of methoxy groups -OCH3 is 1. The molecular weight excluding hydrogens is 372 g/mol. The molecule has 0 aliphatic heterocycles. The molecule has 4 aromatic rings. The Hall–Kier alpha value is -3.26. The number of nitrogens with zero attached hydrogens (tertiary/aromatic N) is 4. The van der Waals surface area contributed by atoms with Crippen molar-refractivity contribution in [2.45, 2.75) is 19.3 Å². The largest absolute Gasteiger partial charge is 0.496 e. The van der Waals surface area contributed by atoms with Crippen molar-refractivity contribution in [1.29, 1.82) is 0 Å². The summed E-state index contributed by atoms with van der Waals surface area (Å²) in [7, 11) is 1.66. The molecule has 28 heavy (non-hydrogen) atoms. The minimum Gasteiger partial charge on any atom is -0.496 e. The van der Waals surface area contributed by atoms with Gasteiger partial charge in [-0.15, -0.1) is 0 Å². The topological polar surface area (TPSA) is 83.9 Å². The molecule has 8 heteroatoms. The first-order valence-corrected chi connectivity index (χ1v) is 9.51. The SMILES string of the molecule is COc1ccc2ccccc2c1C=Nn1c(-c2n[nH]c3c2CCC3)n[nH]c1=S. The predicted molar refractivity (Wildman–Crippen MR) is 111 cm³/mol. The number of hydrogen-bond donors (Lipinski definition) is 2. The zero-order valence-corrected chi connectivity index (χ0v) is 16.1. The molecule has 2 heterocycles. The number of ether oxygens (including phenoxy) is 1. The van der Waals surface area contributed by atoms with Crippen LogP contribution in [0.4, 0.5) is 0 Å². The van der Waals surface area contributed by atoms with Gasteiger partial charge in [-0.3, -0.25) is 5.10 Å². The normalized spacial score (nSPS) is 13.5. The summed E-state index contributed by atoms with van der Waals surface area (Å²) in [5.74, 6) is 1.36. The van der Waals surface area contributed by atoms with E-state index in [0.717, 1.165) is 47.0 Å². The number of nitrogens with one attached hydrogen (secondary N) is 2. The third-order valence-corrected chi connectivity index (χ3v) is 5.39. The molecule has 2 N–H and O–H groups in total. The molecule has 0 fully saturated rings. The first-order valence-electron chi connectivity index (χ1n) is 9.10. The first-order chi connectivity index (χ1) is 13.8. The second kappa shape index (κ2) is 6.72. The molecule has 2 aromatic carbocycles. The van der Waals surface area contributed by atoms with Crippen molar-refractivity contribution in [3.8, 4) is 17.3 Å². The van der Waals surface area contributed by atoms with Crippen LogP contribution in [0.3, 0.4) is 0 Å². The van der Waals surface area contributed by atoms with Gasteiger partial charge < -0.3 is 4.74 Å². The maximum absolute atomic E-state index is 5.55. The molecule has 1 aliphatic carbocycles. The number of aromatic amines is 2. The third kappa shape index (κ3) is 2.65. The second-order valence-electron chi connectivity index (χ2n) is 6.69. The lowest BCUT2D eigenvalue weighted by molar-refractivity contribution is 0.415. The molecule has 0 bridgehead atoms. The number of rotatable bonds is 4. The average Bonchev–Trinajstić information content (AvgIpc) is 3.42. The Bertz CT molecular complexity index is 1270. The number of hydrogen-bond acceptors (Lipinski definition) is 5. The van der Waals surface area contributed by atoms with Crippen LogP contribution in [0.15, 0.2) is 41.5 Å². The van der Waals surface area contributed by atoms with Crippen molar-refractivity contribution in [3.05, 3.63) is 58.0 Å². The number of benzene rings is 2. The molecule has 5 rings (SSSR count). The van der Waals surface area contributed by atoms with Crippen LogP contribution in [0.2, 0.25) is 0 Å². The van der Waals surface area contributed by atoms with Gasteiger partial charge in [-0.25, -0.2) is 5.10 Å². The van der Waals surface area contributed by atoms with E-state index in [1.54, 1.807) is 18.0 Å². The van der Waals surface area contributed by atoms with E-state index < -0.39 is 0 Å². The molecule has 0 radical (unpaired) electrons. The molecular formula is C20H18N6OS. The van der Waals surface area contributed by atoms with Gasteiger partial charge in [0, 0.05) is 16.8 Å². The Kier molecular flexibility index (Phi) is 4.05. The molecule has 1 aliphatic rings. The zero-order valence-electron chi connectivity index (χ0n) is 15.3. The van der Waals surface area contributed by atoms with Gasteiger partial charge in [0.1, 0.15) is 11.4 Å². The van der Waals surface area contributed by atoms with Crippen molar-refractivity contribution in [2.75, 3.05) is 7.11 Å². The van der Waals surface area contributed by atoms with Crippen LogP contribution in [0.1, 0.15) is 23.2 Å². The summed E-state index contributed by atoms with van der Waals surface area (Å²) >= 11 is 5.41. The summed E-state index contributed by atoms with van der Waals surface area (Å²) in [5.41, 5.74) is 4.08. The van der Waals surface area contributed by atoms with E-state index in [4.69, 9.17) is 17.0 Å². The highest BCUT2D eigenvalue weighted by atomic mass is 32.1. The molecule has 0 unspecified atom stereocenters. The van der Waals surface area contributed by atoms with Gasteiger partial charge in [0.25, 0.3) is 0 Å². The fraction of sp³-hybridized carbons (Fsp3) is 0.200. The van der Waals surface area contributed by atoms with Crippen molar-refractivity contribution in [3.63, 3.8) is 0 Å². The van der Waals surface area contributed by atoms with E-state index in [1.807, 2.05) is 24.3 Å². The van der Waals surface area contributed by atoms with Gasteiger partial charge in [-0.2, -0.15) is 20.0 Å². The third-order valence-electron chi connectivity index (χ3n) is 5.12. The fourth-order valence-corrected chi connectivity index (χ4v) is 3.94. The summed E-state index contributed by atoms with van der Waals surface area (Å²) in [6.45, 7) is 0. The van der Waals surface area contributed by atoms with Crippen molar-refractivity contribution in [2.24, 2.45) is 5.10 Å².